The summed E-state index contributed by atoms with van der Waals surface area (Å²) < 4.78 is 7.64. The van der Waals surface area contributed by atoms with E-state index in [1.807, 2.05) is 6.92 Å². The molecule has 0 spiro atoms. The van der Waals surface area contributed by atoms with Gasteiger partial charge in [0.05, 0.1) is 10.7 Å². The Labute approximate surface area is 155 Å². The number of benzene rings is 1. The molecular weight excluding hydrogens is 419 g/mol. The van der Waals surface area contributed by atoms with Crippen LogP contribution in [0.2, 0.25) is 10.0 Å². The molecule has 3 aromatic rings. The number of hydrogen-bond donors (Lipinski definition) is 1. The Bertz CT molecular complexity index is 934. The zero-order valence-electron chi connectivity index (χ0n) is 12.4. The number of hydrogen-bond acceptors (Lipinski definition) is 3. The molecule has 0 atom stereocenters. The van der Waals surface area contributed by atoms with Crippen LogP contribution in [0.5, 0.6) is 0 Å². The fourth-order valence-electron chi connectivity index (χ4n) is 2.48. The SMILES string of the molecule is CCc1c(C(=O)O)nn(-c2ccc(Cl)cc2Cl)c1-c1ccc(Br)o1. The topological polar surface area (TPSA) is 68.3 Å². The number of furan rings is 1. The first kappa shape index (κ1) is 17.1. The molecule has 2 heterocycles. The maximum absolute atomic E-state index is 11.6. The van der Waals surface area contributed by atoms with Crippen LogP contribution >= 0.6 is 39.1 Å². The Balaban J connectivity index is 2.34. The van der Waals surface area contributed by atoms with Crippen LogP contribution in [0.25, 0.3) is 17.1 Å². The molecule has 3 rings (SSSR count). The summed E-state index contributed by atoms with van der Waals surface area (Å²) >= 11 is 15.5. The summed E-state index contributed by atoms with van der Waals surface area (Å²) in [5.41, 5.74) is 1.59. The molecule has 0 aliphatic rings. The predicted octanol–water partition coefficient (Wildman–Crippen LogP) is 5.46. The molecule has 124 valence electrons. The number of rotatable bonds is 4. The van der Waals surface area contributed by atoms with Crippen LogP contribution in [0.3, 0.4) is 0 Å². The van der Waals surface area contributed by atoms with Crippen molar-refractivity contribution in [3.05, 3.63) is 56.3 Å². The van der Waals surface area contributed by atoms with Crippen LogP contribution < -0.4 is 0 Å². The Morgan fingerprint density at radius 2 is 2.08 bits per heavy atom. The second kappa shape index (κ2) is 6.63. The molecule has 24 heavy (non-hydrogen) atoms. The van der Waals surface area contributed by atoms with E-state index in [9.17, 15) is 9.90 Å². The van der Waals surface area contributed by atoms with Crippen molar-refractivity contribution in [3.63, 3.8) is 0 Å². The van der Waals surface area contributed by atoms with Gasteiger partial charge in [-0.1, -0.05) is 30.1 Å². The lowest BCUT2D eigenvalue weighted by molar-refractivity contribution is 0.0689. The first-order chi connectivity index (χ1) is 11.4. The number of halogens is 3. The van der Waals surface area contributed by atoms with Gasteiger partial charge in [-0.05, 0) is 52.7 Å². The quantitative estimate of drug-likeness (QED) is 0.597. The summed E-state index contributed by atoms with van der Waals surface area (Å²) in [6.45, 7) is 1.86. The summed E-state index contributed by atoms with van der Waals surface area (Å²) in [7, 11) is 0. The minimum atomic E-state index is -1.11. The highest BCUT2D eigenvalue weighted by molar-refractivity contribution is 9.10. The van der Waals surface area contributed by atoms with Gasteiger partial charge in [-0.15, -0.1) is 0 Å². The monoisotopic (exact) mass is 428 g/mol. The van der Waals surface area contributed by atoms with E-state index in [4.69, 9.17) is 27.6 Å². The van der Waals surface area contributed by atoms with Crippen molar-refractivity contribution in [1.29, 1.82) is 0 Å². The predicted molar refractivity (Wildman–Crippen MR) is 95.3 cm³/mol. The van der Waals surface area contributed by atoms with Gasteiger partial charge in [0.1, 0.15) is 5.69 Å². The molecule has 0 bridgehead atoms. The molecule has 5 nitrogen and oxygen atoms in total. The van der Waals surface area contributed by atoms with E-state index in [2.05, 4.69) is 21.0 Å². The summed E-state index contributed by atoms with van der Waals surface area (Å²) in [5.74, 6) is -0.618. The van der Waals surface area contributed by atoms with Crippen LogP contribution in [-0.2, 0) is 6.42 Å². The molecule has 1 N–H and O–H groups in total. The Morgan fingerprint density at radius 1 is 1.33 bits per heavy atom. The van der Waals surface area contributed by atoms with Crippen LogP contribution in [-0.4, -0.2) is 20.9 Å². The molecule has 0 saturated carbocycles. The lowest BCUT2D eigenvalue weighted by atomic mass is 10.1. The maximum Gasteiger partial charge on any atom is 0.356 e. The molecule has 8 heteroatoms. The highest BCUT2D eigenvalue weighted by Crippen LogP contribution is 2.35. The Kier molecular flexibility index (Phi) is 4.71. The van der Waals surface area contributed by atoms with E-state index < -0.39 is 5.97 Å². The molecule has 1 aromatic carbocycles. The Morgan fingerprint density at radius 3 is 2.62 bits per heavy atom. The normalized spacial score (nSPS) is 11.0. The van der Waals surface area contributed by atoms with Gasteiger partial charge in [-0.25, -0.2) is 9.48 Å². The molecule has 0 aliphatic carbocycles. The first-order valence-electron chi connectivity index (χ1n) is 6.98. The molecular formula is C16H11BrCl2N2O3. The summed E-state index contributed by atoms with van der Waals surface area (Å²) in [5, 5.41) is 14.6. The van der Waals surface area contributed by atoms with E-state index in [1.54, 1.807) is 30.3 Å². The van der Waals surface area contributed by atoms with Crippen LogP contribution in [0, 0.1) is 0 Å². The van der Waals surface area contributed by atoms with Gasteiger partial charge >= 0.3 is 5.97 Å². The fourth-order valence-corrected chi connectivity index (χ4v) is 3.27. The van der Waals surface area contributed by atoms with E-state index >= 15 is 0 Å². The summed E-state index contributed by atoms with van der Waals surface area (Å²) in [6.07, 6.45) is 0.473. The highest BCUT2D eigenvalue weighted by Gasteiger charge is 2.26. The van der Waals surface area contributed by atoms with Crippen molar-refractivity contribution in [3.8, 4) is 17.1 Å². The van der Waals surface area contributed by atoms with Crippen molar-refractivity contribution in [2.75, 3.05) is 0 Å². The number of carbonyl (C=O) groups is 1. The van der Waals surface area contributed by atoms with Crippen LogP contribution in [0.1, 0.15) is 23.0 Å². The van der Waals surface area contributed by atoms with E-state index in [0.717, 1.165) is 0 Å². The van der Waals surface area contributed by atoms with Gasteiger partial charge in [0.15, 0.2) is 16.1 Å². The highest BCUT2D eigenvalue weighted by atomic mass is 79.9. The largest absolute Gasteiger partial charge is 0.476 e. The first-order valence-corrected chi connectivity index (χ1v) is 8.53. The molecule has 2 aromatic heterocycles. The average Bonchev–Trinajstić information content (AvgIpc) is 3.10. The molecule has 0 radical (unpaired) electrons. The van der Waals surface area contributed by atoms with E-state index in [1.165, 1.54) is 4.68 Å². The number of carboxylic acid groups (broad SMARTS) is 1. The minimum absolute atomic E-state index is 0.0361. The number of aromatic nitrogens is 2. The van der Waals surface area contributed by atoms with Gasteiger partial charge in [0, 0.05) is 10.6 Å². The molecule has 0 saturated heterocycles. The summed E-state index contributed by atoms with van der Waals surface area (Å²) in [6, 6.07) is 8.40. The van der Waals surface area contributed by atoms with Crippen molar-refractivity contribution in [1.82, 2.24) is 9.78 Å². The molecule has 0 amide bonds. The average molecular weight is 430 g/mol. The summed E-state index contributed by atoms with van der Waals surface area (Å²) in [4.78, 5) is 11.6. The zero-order chi connectivity index (χ0) is 17.4. The van der Waals surface area contributed by atoms with Gasteiger partial charge < -0.3 is 9.52 Å². The lowest BCUT2D eigenvalue weighted by Gasteiger charge is -2.09. The number of carboxylic acids is 1. The van der Waals surface area contributed by atoms with E-state index in [-0.39, 0.29) is 5.69 Å². The van der Waals surface area contributed by atoms with Crippen LogP contribution in [0.4, 0.5) is 0 Å². The molecule has 0 unspecified atom stereocenters. The second-order valence-electron chi connectivity index (χ2n) is 4.95. The maximum atomic E-state index is 11.6. The van der Waals surface area contributed by atoms with Crippen molar-refractivity contribution in [2.24, 2.45) is 0 Å². The van der Waals surface area contributed by atoms with Gasteiger partial charge in [0.2, 0.25) is 0 Å². The number of nitrogens with zero attached hydrogens (tertiary/aromatic N) is 2. The van der Waals surface area contributed by atoms with Gasteiger partial charge in [-0.3, -0.25) is 0 Å². The number of aromatic carboxylic acids is 1. The van der Waals surface area contributed by atoms with Crippen LogP contribution in [0.15, 0.2) is 39.4 Å². The van der Waals surface area contributed by atoms with Gasteiger partial charge in [0.25, 0.3) is 0 Å². The molecule has 0 fully saturated rings. The molecule has 0 aliphatic heterocycles. The lowest BCUT2D eigenvalue weighted by Crippen LogP contribution is -2.03. The smallest absolute Gasteiger partial charge is 0.356 e. The third-order valence-electron chi connectivity index (χ3n) is 3.48. The fraction of sp³-hybridized carbons (Fsp3) is 0.125. The minimum Gasteiger partial charge on any atom is -0.476 e. The van der Waals surface area contributed by atoms with Crippen molar-refractivity contribution >= 4 is 45.1 Å². The van der Waals surface area contributed by atoms with Gasteiger partial charge in [-0.2, -0.15) is 5.10 Å². The van der Waals surface area contributed by atoms with Crippen molar-refractivity contribution in [2.45, 2.75) is 13.3 Å². The standard InChI is InChI=1S/C16H11BrCl2N2O3/c1-2-9-14(16(22)23)20-21(11-4-3-8(18)7-10(11)19)15(9)12-5-6-13(17)24-12/h3-7H,2H2,1H3,(H,22,23). The van der Waals surface area contributed by atoms with Crippen molar-refractivity contribution < 1.29 is 14.3 Å². The van der Waals surface area contributed by atoms with E-state index in [0.29, 0.717) is 43.8 Å². The third kappa shape index (κ3) is 2.97. The zero-order valence-corrected chi connectivity index (χ0v) is 15.5. The third-order valence-corrected chi connectivity index (χ3v) is 4.45. The Hall–Kier alpha value is -1.76. The second-order valence-corrected chi connectivity index (χ2v) is 6.57.